The van der Waals surface area contributed by atoms with E-state index >= 15 is 0 Å². The summed E-state index contributed by atoms with van der Waals surface area (Å²) in [5.41, 5.74) is 8.51. The van der Waals surface area contributed by atoms with E-state index in [-0.39, 0.29) is 17.3 Å². The number of pyridine rings is 1. The van der Waals surface area contributed by atoms with Gasteiger partial charge in [-0.3, -0.25) is 4.79 Å². The molecule has 0 unspecified atom stereocenters. The summed E-state index contributed by atoms with van der Waals surface area (Å²) in [6.45, 7) is 3.61. The predicted molar refractivity (Wildman–Crippen MR) is 121 cm³/mol. The zero-order valence-electron chi connectivity index (χ0n) is 17.9. The van der Waals surface area contributed by atoms with Crippen molar-refractivity contribution in [3.8, 4) is 0 Å². The number of carbonyl (C=O) groups is 1. The lowest BCUT2D eigenvalue weighted by Crippen LogP contribution is -2.44. The first-order valence-corrected chi connectivity index (χ1v) is 10.6. The molecule has 1 aromatic carbocycles. The van der Waals surface area contributed by atoms with Crippen LogP contribution in [0.5, 0.6) is 0 Å². The number of rotatable bonds is 4. The summed E-state index contributed by atoms with van der Waals surface area (Å²) in [7, 11) is 2.87. The van der Waals surface area contributed by atoms with Gasteiger partial charge in [0.1, 0.15) is 16.7 Å². The molecule has 0 bridgehead atoms. The van der Waals surface area contributed by atoms with E-state index in [1.807, 2.05) is 28.8 Å². The quantitative estimate of drug-likeness (QED) is 0.622. The van der Waals surface area contributed by atoms with Crippen LogP contribution in [-0.4, -0.2) is 46.3 Å². The number of nitrogens with two attached hydrogens (primary N) is 1. The third-order valence-corrected chi connectivity index (χ3v) is 6.27. The van der Waals surface area contributed by atoms with Crippen molar-refractivity contribution >= 4 is 34.6 Å². The fourth-order valence-corrected chi connectivity index (χ4v) is 4.51. The Morgan fingerprint density at radius 1 is 1.35 bits per heavy atom. The lowest BCUT2D eigenvalue weighted by molar-refractivity contribution is 0.0587. The van der Waals surface area contributed by atoms with Crippen LogP contribution in [0.4, 0.5) is 5.95 Å². The van der Waals surface area contributed by atoms with Crippen molar-refractivity contribution in [1.29, 1.82) is 0 Å². The monoisotopic (exact) mass is 443 g/mol. The number of hydrogen-bond acceptors (Lipinski definition) is 6. The van der Waals surface area contributed by atoms with E-state index in [1.54, 1.807) is 14.0 Å². The molecule has 8 nitrogen and oxygen atoms in total. The van der Waals surface area contributed by atoms with Crippen molar-refractivity contribution in [3.63, 3.8) is 0 Å². The maximum Gasteiger partial charge on any atom is 0.355 e. The number of ether oxygens (including phenoxy) is 1. The van der Waals surface area contributed by atoms with Gasteiger partial charge in [-0.05, 0) is 31.4 Å². The third-order valence-electron chi connectivity index (χ3n) is 5.91. The normalized spacial score (nSPS) is 16.7. The molecule has 0 radical (unpaired) electrons. The molecule has 164 valence electrons. The van der Waals surface area contributed by atoms with E-state index in [9.17, 15) is 9.59 Å². The van der Waals surface area contributed by atoms with Crippen LogP contribution in [0.25, 0.3) is 11.0 Å². The van der Waals surface area contributed by atoms with Crippen LogP contribution in [0, 0.1) is 6.92 Å². The second-order valence-corrected chi connectivity index (χ2v) is 8.37. The van der Waals surface area contributed by atoms with Crippen molar-refractivity contribution < 1.29 is 9.53 Å². The van der Waals surface area contributed by atoms with Gasteiger partial charge in [0, 0.05) is 36.8 Å². The van der Waals surface area contributed by atoms with E-state index in [0.29, 0.717) is 40.7 Å². The minimum Gasteiger partial charge on any atom is -0.464 e. The molecule has 3 aromatic rings. The highest BCUT2D eigenvalue weighted by Crippen LogP contribution is 2.29. The van der Waals surface area contributed by atoms with Crippen LogP contribution >= 0.6 is 11.6 Å². The topological polar surface area (TPSA) is 95.4 Å². The van der Waals surface area contributed by atoms with E-state index in [0.717, 1.165) is 24.9 Å². The minimum absolute atomic E-state index is 0.0388. The van der Waals surface area contributed by atoms with E-state index in [1.165, 1.54) is 11.7 Å². The molecule has 1 saturated heterocycles. The summed E-state index contributed by atoms with van der Waals surface area (Å²) in [5.74, 6) is 0.0912. The highest BCUT2D eigenvalue weighted by molar-refractivity contribution is 6.31. The molecule has 1 aliphatic heterocycles. The largest absolute Gasteiger partial charge is 0.464 e. The smallest absolute Gasteiger partial charge is 0.355 e. The maximum absolute atomic E-state index is 13.4. The van der Waals surface area contributed by atoms with Crippen LogP contribution in [0.1, 0.15) is 34.5 Å². The molecule has 1 aliphatic rings. The number of methoxy groups -OCH3 is 1. The molecule has 0 saturated carbocycles. The number of benzene rings is 1. The number of hydrogen-bond donors (Lipinski definition) is 1. The number of esters is 1. The highest BCUT2D eigenvalue weighted by Gasteiger charge is 2.28. The average Bonchev–Trinajstić information content (AvgIpc) is 3.13. The second-order valence-electron chi connectivity index (χ2n) is 7.96. The van der Waals surface area contributed by atoms with Crippen molar-refractivity contribution in [2.75, 3.05) is 25.1 Å². The Bertz CT molecular complexity index is 1220. The molecule has 0 aliphatic carbocycles. The summed E-state index contributed by atoms with van der Waals surface area (Å²) in [4.78, 5) is 32.7. The number of piperidine rings is 1. The van der Waals surface area contributed by atoms with Crippen LogP contribution in [0.3, 0.4) is 0 Å². The SMILES string of the molecule is COC(=O)c1c(C)c2nc(N3CCC[C@@H](N)C3)n(Cc3ccccc3Cl)c2c(=O)n1C. The number of nitrogens with zero attached hydrogens (tertiary/aromatic N) is 4. The number of imidazole rings is 1. The van der Waals surface area contributed by atoms with Gasteiger partial charge in [0.2, 0.25) is 5.95 Å². The molecule has 3 heterocycles. The van der Waals surface area contributed by atoms with E-state index < -0.39 is 5.97 Å². The van der Waals surface area contributed by atoms with Crippen molar-refractivity contribution in [2.24, 2.45) is 12.8 Å². The van der Waals surface area contributed by atoms with Crippen LogP contribution in [-0.2, 0) is 18.3 Å². The van der Waals surface area contributed by atoms with Gasteiger partial charge in [0.05, 0.1) is 13.7 Å². The molecule has 9 heteroatoms. The van der Waals surface area contributed by atoms with Gasteiger partial charge in [-0.1, -0.05) is 29.8 Å². The van der Waals surface area contributed by atoms with Gasteiger partial charge >= 0.3 is 5.97 Å². The predicted octanol–water partition coefficient (Wildman–Crippen LogP) is 2.46. The Morgan fingerprint density at radius 2 is 2.10 bits per heavy atom. The molecule has 0 spiro atoms. The lowest BCUT2D eigenvalue weighted by atomic mass is 10.1. The van der Waals surface area contributed by atoms with Crippen molar-refractivity contribution in [1.82, 2.24) is 14.1 Å². The number of aromatic nitrogens is 3. The van der Waals surface area contributed by atoms with Crippen molar-refractivity contribution in [2.45, 2.75) is 32.4 Å². The number of anilines is 1. The van der Waals surface area contributed by atoms with Gasteiger partial charge in [-0.15, -0.1) is 0 Å². The molecular weight excluding hydrogens is 418 g/mol. The summed E-state index contributed by atoms with van der Waals surface area (Å²) in [5, 5.41) is 0.616. The number of fused-ring (bicyclic) bond motifs is 1. The zero-order chi connectivity index (χ0) is 22.3. The fraction of sp³-hybridized carbons (Fsp3) is 0.409. The number of aryl methyl sites for hydroxylation is 1. The minimum atomic E-state index is -0.568. The Balaban J connectivity index is 1.99. The molecule has 1 fully saturated rings. The number of halogens is 1. The highest BCUT2D eigenvalue weighted by atomic mass is 35.5. The summed E-state index contributed by atoms with van der Waals surface area (Å²) >= 11 is 6.43. The molecule has 4 rings (SSSR count). The Labute approximate surface area is 185 Å². The van der Waals surface area contributed by atoms with Gasteiger partial charge in [0.15, 0.2) is 0 Å². The Hall–Kier alpha value is -2.84. The first kappa shape index (κ1) is 21.4. The van der Waals surface area contributed by atoms with Gasteiger partial charge in [0.25, 0.3) is 5.56 Å². The summed E-state index contributed by atoms with van der Waals surface area (Å²) in [6.07, 6.45) is 1.90. The first-order chi connectivity index (χ1) is 14.8. The Kier molecular flexibility index (Phi) is 5.77. The van der Waals surface area contributed by atoms with Crippen LogP contribution in [0.15, 0.2) is 29.1 Å². The Morgan fingerprint density at radius 3 is 2.77 bits per heavy atom. The molecule has 31 heavy (non-hydrogen) atoms. The first-order valence-electron chi connectivity index (χ1n) is 10.3. The summed E-state index contributed by atoms with van der Waals surface area (Å²) in [6, 6.07) is 7.58. The van der Waals surface area contributed by atoms with Gasteiger partial charge < -0.3 is 24.5 Å². The fourth-order valence-electron chi connectivity index (χ4n) is 4.31. The molecule has 0 amide bonds. The standard InChI is InChI=1S/C22H26ClN5O3/c1-13-17-19(20(29)26(2)18(13)21(30)31-3)28(11-14-7-4-5-9-16(14)23)22(25-17)27-10-6-8-15(24)12-27/h4-5,7,9,15H,6,8,10-12,24H2,1-3H3/t15-/m1/s1. The summed E-state index contributed by atoms with van der Waals surface area (Å²) < 4.78 is 8.13. The van der Waals surface area contributed by atoms with Gasteiger partial charge in [-0.25, -0.2) is 9.78 Å². The maximum atomic E-state index is 13.4. The van der Waals surface area contributed by atoms with Gasteiger partial charge in [-0.2, -0.15) is 0 Å². The third kappa shape index (κ3) is 3.70. The second kappa shape index (κ2) is 8.36. The van der Waals surface area contributed by atoms with Crippen molar-refractivity contribution in [3.05, 3.63) is 56.5 Å². The van der Waals surface area contributed by atoms with E-state index in [2.05, 4.69) is 4.90 Å². The molecule has 2 N–H and O–H groups in total. The zero-order valence-corrected chi connectivity index (χ0v) is 18.6. The molecular formula is C22H26ClN5O3. The molecule has 2 aromatic heterocycles. The average molecular weight is 444 g/mol. The lowest BCUT2D eigenvalue weighted by Gasteiger charge is -2.32. The van der Waals surface area contributed by atoms with Crippen LogP contribution < -0.4 is 16.2 Å². The van der Waals surface area contributed by atoms with Crippen LogP contribution in [0.2, 0.25) is 5.02 Å². The van der Waals surface area contributed by atoms with E-state index in [4.69, 9.17) is 27.1 Å². The molecule has 1 atom stereocenters. The number of carbonyl (C=O) groups excluding carboxylic acids is 1.